The van der Waals surface area contributed by atoms with Crippen molar-refractivity contribution in [1.29, 1.82) is 0 Å². The van der Waals surface area contributed by atoms with E-state index in [1.54, 1.807) is 0 Å². The lowest BCUT2D eigenvalue weighted by molar-refractivity contribution is -0.764. The Labute approximate surface area is 45.3 Å². The van der Waals surface area contributed by atoms with Crippen LogP contribution in [0.5, 0.6) is 0 Å². The minimum atomic E-state index is 0.314. The molecule has 0 spiro atoms. The Morgan fingerprint density at radius 3 is 1.71 bits per heavy atom. The minimum absolute atomic E-state index is 0.314. The molecule has 7 heavy (non-hydrogen) atoms. The van der Waals surface area contributed by atoms with Crippen LogP contribution in [0.3, 0.4) is 0 Å². The van der Waals surface area contributed by atoms with E-state index in [2.05, 4.69) is 31.6 Å². The van der Waals surface area contributed by atoms with Crippen LogP contribution in [0.1, 0.15) is 20.8 Å². The molecule has 0 unspecified atom stereocenters. The largest absolute Gasteiger partial charge is 0.265 e. The van der Waals surface area contributed by atoms with E-state index in [1.165, 1.54) is 0 Å². The Kier molecular flexibility index (Phi) is 2.26. The standard InChI is InChI=1S/C5H14N2/c1-5(2,3)7-6-4/h6-7H,1-4H3/p+1. The summed E-state index contributed by atoms with van der Waals surface area (Å²) in [6.07, 6.45) is 0. The number of quaternary nitrogens is 1. The van der Waals surface area contributed by atoms with Gasteiger partial charge in [0.1, 0.15) is 5.54 Å². The molecule has 0 heterocycles. The first kappa shape index (κ1) is 6.92. The highest BCUT2D eigenvalue weighted by atomic mass is 15.4. The van der Waals surface area contributed by atoms with Gasteiger partial charge in [-0.05, 0) is 20.8 Å². The fourth-order valence-corrected chi connectivity index (χ4v) is 0.433. The summed E-state index contributed by atoms with van der Waals surface area (Å²) in [5.41, 5.74) is 5.36. The minimum Gasteiger partial charge on any atom is -0.265 e. The topological polar surface area (TPSA) is 28.6 Å². The molecule has 0 fully saturated rings. The van der Waals surface area contributed by atoms with Crippen LogP contribution in [0.15, 0.2) is 0 Å². The van der Waals surface area contributed by atoms with Crippen molar-refractivity contribution >= 4 is 0 Å². The van der Waals surface area contributed by atoms with Crippen molar-refractivity contribution in [2.75, 3.05) is 7.05 Å². The second-order valence-corrected chi connectivity index (χ2v) is 2.80. The van der Waals surface area contributed by atoms with E-state index in [0.29, 0.717) is 5.54 Å². The van der Waals surface area contributed by atoms with Gasteiger partial charge < -0.3 is 0 Å². The zero-order chi connectivity index (χ0) is 5.91. The summed E-state index contributed by atoms with van der Waals surface area (Å²) in [5.74, 6) is 0. The molecule has 0 aromatic heterocycles. The molecule has 0 aliphatic rings. The molecule has 0 radical (unpaired) electrons. The molecule has 0 saturated carbocycles. The number of rotatable bonds is 1. The van der Waals surface area contributed by atoms with Crippen LogP contribution in [-0.4, -0.2) is 12.6 Å². The lowest BCUT2D eigenvalue weighted by atomic mass is 10.1. The van der Waals surface area contributed by atoms with Gasteiger partial charge in [-0.2, -0.15) is 5.43 Å². The zero-order valence-electron chi connectivity index (χ0n) is 5.58. The highest BCUT2D eigenvalue weighted by molar-refractivity contribution is 4.50. The second-order valence-electron chi connectivity index (χ2n) is 2.80. The van der Waals surface area contributed by atoms with Crippen molar-refractivity contribution < 1.29 is 5.43 Å². The predicted molar refractivity (Wildman–Crippen MR) is 30.7 cm³/mol. The van der Waals surface area contributed by atoms with Crippen LogP contribution in [0.4, 0.5) is 0 Å². The maximum Gasteiger partial charge on any atom is 0.105 e. The van der Waals surface area contributed by atoms with Gasteiger partial charge in [0, 0.05) is 7.05 Å². The van der Waals surface area contributed by atoms with E-state index in [9.17, 15) is 0 Å². The SMILES string of the molecule is CN[NH2+]C(C)(C)C. The Bertz CT molecular complexity index is 44.5. The molecule has 0 aliphatic carbocycles. The summed E-state index contributed by atoms with van der Waals surface area (Å²) in [7, 11) is 1.92. The molecule has 0 amide bonds. The van der Waals surface area contributed by atoms with Crippen molar-refractivity contribution in [3.05, 3.63) is 0 Å². The van der Waals surface area contributed by atoms with Crippen molar-refractivity contribution in [3.63, 3.8) is 0 Å². The van der Waals surface area contributed by atoms with Gasteiger partial charge in [0.05, 0.1) is 0 Å². The van der Waals surface area contributed by atoms with E-state index in [0.717, 1.165) is 0 Å². The van der Waals surface area contributed by atoms with E-state index >= 15 is 0 Å². The summed E-state index contributed by atoms with van der Waals surface area (Å²) in [5, 5.41) is 0. The molecule has 2 heteroatoms. The molecule has 0 aliphatic heterocycles. The maximum atomic E-state index is 2.98. The van der Waals surface area contributed by atoms with Crippen LogP contribution in [0.2, 0.25) is 0 Å². The normalized spacial score (nSPS) is 12.0. The predicted octanol–water partition coefficient (Wildman–Crippen LogP) is -0.517. The van der Waals surface area contributed by atoms with Gasteiger partial charge in [0.2, 0.25) is 0 Å². The first-order valence-electron chi connectivity index (χ1n) is 2.58. The molecule has 0 atom stereocenters. The fraction of sp³-hybridized carbons (Fsp3) is 1.00. The zero-order valence-corrected chi connectivity index (χ0v) is 5.58. The third-order valence-electron chi connectivity index (χ3n) is 0.577. The lowest BCUT2D eigenvalue weighted by Gasteiger charge is -2.13. The Hall–Kier alpha value is -0.0800. The van der Waals surface area contributed by atoms with Gasteiger partial charge in [-0.1, -0.05) is 0 Å². The average molecular weight is 103 g/mol. The van der Waals surface area contributed by atoms with Crippen molar-refractivity contribution in [1.82, 2.24) is 5.43 Å². The van der Waals surface area contributed by atoms with Gasteiger partial charge >= 0.3 is 0 Å². The van der Waals surface area contributed by atoms with Crippen LogP contribution in [0, 0.1) is 0 Å². The number of hydrogen-bond donors (Lipinski definition) is 2. The smallest absolute Gasteiger partial charge is 0.105 e. The fourth-order valence-electron chi connectivity index (χ4n) is 0.433. The number of nitrogens with one attached hydrogen (secondary N) is 1. The highest BCUT2D eigenvalue weighted by Crippen LogP contribution is 1.85. The first-order chi connectivity index (χ1) is 3.06. The van der Waals surface area contributed by atoms with Crippen LogP contribution < -0.4 is 10.9 Å². The Morgan fingerprint density at radius 1 is 1.29 bits per heavy atom. The molecule has 0 bridgehead atoms. The first-order valence-corrected chi connectivity index (χ1v) is 2.58. The summed E-state index contributed by atoms with van der Waals surface area (Å²) in [6.45, 7) is 6.47. The van der Waals surface area contributed by atoms with Crippen molar-refractivity contribution in [3.8, 4) is 0 Å². The van der Waals surface area contributed by atoms with E-state index < -0.39 is 0 Å². The molecular formula is C5H15N2+. The monoisotopic (exact) mass is 103 g/mol. The third kappa shape index (κ3) is 5.92. The van der Waals surface area contributed by atoms with Gasteiger partial charge in [0.25, 0.3) is 0 Å². The summed E-state index contributed by atoms with van der Waals surface area (Å²) in [6, 6.07) is 0. The van der Waals surface area contributed by atoms with Crippen LogP contribution in [-0.2, 0) is 0 Å². The summed E-state index contributed by atoms with van der Waals surface area (Å²) >= 11 is 0. The van der Waals surface area contributed by atoms with Gasteiger partial charge in [-0.3, -0.25) is 5.43 Å². The second kappa shape index (κ2) is 2.28. The van der Waals surface area contributed by atoms with Gasteiger partial charge in [0.15, 0.2) is 0 Å². The molecular weight excluding hydrogens is 88.1 g/mol. The highest BCUT2D eigenvalue weighted by Gasteiger charge is 2.09. The molecule has 3 N–H and O–H groups in total. The average Bonchev–Trinajstić information content (AvgIpc) is 1.30. The van der Waals surface area contributed by atoms with Gasteiger partial charge in [-0.25, -0.2) is 0 Å². The quantitative estimate of drug-likeness (QED) is 0.339. The van der Waals surface area contributed by atoms with E-state index in [1.807, 2.05) is 7.05 Å². The molecule has 2 nitrogen and oxygen atoms in total. The van der Waals surface area contributed by atoms with E-state index in [4.69, 9.17) is 0 Å². The molecule has 0 rings (SSSR count). The van der Waals surface area contributed by atoms with Gasteiger partial charge in [-0.15, -0.1) is 0 Å². The van der Waals surface area contributed by atoms with Crippen molar-refractivity contribution in [2.24, 2.45) is 0 Å². The van der Waals surface area contributed by atoms with Crippen molar-refractivity contribution in [2.45, 2.75) is 26.3 Å². The molecule has 0 saturated heterocycles. The summed E-state index contributed by atoms with van der Waals surface area (Å²) < 4.78 is 0. The maximum absolute atomic E-state index is 2.98. The third-order valence-corrected chi connectivity index (χ3v) is 0.577. The number of hydrogen-bond acceptors (Lipinski definition) is 1. The van der Waals surface area contributed by atoms with E-state index in [-0.39, 0.29) is 0 Å². The lowest BCUT2D eigenvalue weighted by Crippen LogP contribution is -3.01. The Morgan fingerprint density at radius 2 is 1.71 bits per heavy atom. The molecule has 0 aromatic rings. The Balaban J connectivity index is 3.15. The summed E-state index contributed by atoms with van der Waals surface area (Å²) in [4.78, 5) is 0. The van der Waals surface area contributed by atoms with Crippen LogP contribution in [0.25, 0.3) is 0 Å². The molecule has 0 aromatic carbocycles. The molecule has 44 valence electrons. The van der Waals surface area contributed by atoms with Crippen LogP contribution >= 0.6 is 0 Å². The number of nitrogens with two attached hydrogens (primary N) is 1.